The Morgan fingerprint density at radius 3 is 2.72 bits per heavy atom. The molecule has 0 atom stereocenters. The molecule has 2 N–H and O–H groups in total. The molecular formula is C13H20N2O3. The van der Waals surface area contributed by atoms with Crippen LogP contribution in [0.15, 0.2) is 24.3 Å². The van der Waals surface area contributed by atoms with Crippen LogP contribution in [0, 0.1) is 0 Å². The van der Waals surface area contributed by atoms with E-state index in [1.807, 2.05) is 32.0 Å². The number of likely N-dealkylation sites (N-methyl/N-ethyl adjacent to an activating group) is 1. The molecule has 0 fully saturated rings. The fraction of sp³-hybridized carbons (Fsp3) is 0.462. The van der Waals surface area contributed by atoms with Gasteiger partial charge >= 0.3 is 6.03 Å². The molecule has 5 nitrogen and oxygen atoms in total. The normalized spacial score (nSPS) is 10.3. The van der Waals surface area contributed by atoms with Crippen molar-refractivity contribution in [2.75, 3.05) is 25.5 Å². The molecule has 0 aliphatic heterocycles. The summed E-state index contributed by atoms with van der Waals surface area (Å²) in [5, 5.41) is 11.5. The average molecular weight is 252 g/mol. The largest absolute Gasteiger partial charge is 0.489 e. The van der Waals surface area contributed by atoms with E-state index in [1.165, 1.54) is 4.90 Å². The number of carbonyl (C=O) groups is 1. The molecule has 0 aliphatic rings. The molecule has 0 unspecified atom stereocenters. The number of hydrogen-bond donors (Lipinski definition) is 2. The van der Waals surface area contributed by atoms with Gasteiger partial charge in [-0.25, -0.2) is 4.79 Å². The Bertz CT molecular complexity index is 394. The Morgan fingerprint density at radius 2 is 2.11 bits per heavy atom. The van der Waals surface area contributed by atoms with Gasteiger partial charge in [0.1, 0.15) is 5.75 Å². The number of hydrogen-bond acceptors (Lipinski definition) is 3. The van der Waals surface area contributed by atoms with E-state index in [-0.39, 0.29) is 18.7 Å². The zero-order valence-corrected chi connectivity index (χ0v) is 11.0. The van der Waals surface area contributed by atoms with Gasteiger partial charge in [-0.3, -0.25) is 0 Å². The Morgan fingerprint density at radius 1 is 1.44 bits per heavy atom. The Hall–Kier alpha value is -1.75. The SMILES string of the molecule is CC(C)Oc1ccccc1NC(=O)N(C)CCO. The van der Waals surface area contributed by atoms with Crippen molar-refractivity contribution in [2.24, 2.45) is 0 Å². The highest BCUT2D eigenvalue weighted by atomic mass is 16.5. The first-order valence-electron chi connectivity index (χ1n) is 5.93. The van der Waals surface area contributed by atoms with Gasteiger partial charge in [0.2, 0.25) is 0 Å². The van der Waals surface area contributed by atoms with Gasteiger partial charge in [-0.1, -0.05) is 12.1 Å². The Labute approximate surface area is 107 Å². The summed E-state index contributed by atoms with van der Waals surface area (Å²) in [7, 11) is 1.62. The number of amides is 2. The van der Waals surface area contributed by atoms with Crippen LogP contribution in [-0.2, 0) is 0 Å². The second kappa shape index (κ2) is 6.86. The lowest BCUT2D eigenvalue weighted by atomic mass is 10.3. The maximum atomic E-state index is 11.8. The minimum atomic E-state index is -0.274. The fourth-order valence-electron chi connectivity index (χ4n) is 1.39. The molecule has 0 saturated carbocycles. The molecule has 5 heteroatoms. The molecule has 1 rings (SSSR count). The number of ether oxygens (including phenoxy) is 1. The van der Waals surface area contributed by atoms with Gasteiger partial charge in [-0.2, -0.15) is 0 Å². The predicted molar refractivity (Wildman–Crippen MR) is 70.9 cm³/mol. The highest BCUT2D eigenvalue weighted by Gasteiger charge is 2.11. The molecular weight excluding hydrogens is 232 g/mol. The van der Waals surface area contributed by atoms with E-state index in [0.29, 0.717) is 18.0 Å². The van der Waals surface area contributed by atoms with Crippen molar-refractivity contribution in [1.29, 1.82) is 0 Å². The standard InChI is InChI=1S/C13H20N2O3/c1-10(2)18-12-7-5-4-6-11(12)14-13(17)15(3)8-9-16/h4-7,10,16H,8-9H2,1-3H3,(H,14,17). The number of rotatable bonds is 5. The van der Waals surface area contributed by atoms with Crippen molar-refractivity contribution in [3.05, 3.63) is 24.3 Å². The Balaban J connectivity index is 2.74. The molecule has 18 heavy (non-hydrogen) atoms. The van der Waals surface area contributed by atoms with E-state index in [4.69, 9.17) is 9.84 Å². The van der Waals surface area contributed by atoms with Crippen LogP contribution in [0.2, 0.25) is 0 Å². The van der Waals surface area contributed by atoms with Gasteiger partial charge in [-0.15, -0.1) is 0 Å². The molecule has 0 heterocycles. The number of aliphatic hydroxyl groups excluding tert-OH is 1. The molecule has 0 aliphatic carbocycles. The van der Waals surface area contributed by atoms with Crippen LogP contribution in [0.3, 0.4) is 0 Å². The Kier molecular flexibility index (Phi) is 5.45. The van der Waals surface area contributed by atoms with Crippen LogP contribution >= 0.6 is 0 Å². The number of aliphatic hydroxyl groups is 1. The molecule has 0 aromatic heterocycles. The molecule has 100 valence electrons. The van der Waals surface area contributed by atoms with E-state index in [0.717, 1.165) is 0 Å². The first-order chi connectivity index (χ1) is 8.54. The van der Waals surface area contributed by atoms with Crippen LogP contribution in [0.1, 0.15) is 13.8 Å². The molecule has 0 bridgehead atoms. The summed E-state index contributed by atoms with van der Waals surface area (Å²) in [5.74, 6) is 0.637. The van der Waals surface area contributed by atoms with E-state index >= 15 is 0 Å². The summed E-state index contributed by atoms with van der Waals surface area (Å²) < 4.78 is 5.60. The van der Waals surface area contributed by atoms with Gasteiger partial charge in [0.05, 0.1) is 18.4 Å². The predicted octanol–water partition coefficient (Wildman–Crippen LogP) is 1.93. The van der Waals surface area contributed by atoms with E-state index < -0.39 is 0 Å². The number of para-hydroxylation sites is 2. The molecule has 0 saturated heterocycles. The summed E-state index contributed by atoms with van der Waals surface area (Å²) in [6.45, 7) is 4.08. The zero-order valence-electron chi connectivity index (χ0n) is 11.0. The third-order valence-electron chi connectivity index (χ3n) is 2.27. The van der Waals surface area contributed by atoms with Crippen molar-refractivity contribution >= 4 is 11.7 Å². The van der Waals surface area contributed by atoms with Crippen LogP contribution in [0.25, 0.3) is 0 Å². The maximum Gasteiger partial charge on any atom is 0.321 e. The van der Waals surface area contributed by atoms with Crippen molar-refractivity contribution in [3.8, 4) is 5.75 Å². The summed E-state index contributed by atoms with van der Waals surface area (Å²) in [6, 6.07) is 6.99. The topological polar surface area (TPSA) is 61.8 Å². The second-order valence-corrected chi connectivity index (χ2v) is 4.24. The molecule has 0 spiro atoms. The molecule has 2 amide bonds. The number of nitrogens with one attached hydrogen (secondary N) is 1. The van der Waals surface area contributed by atoms with E-state index in [1.54, 1.807) is 13.1 Å². The minimum absolute atomic E-state index is 0.0400. The highest BCUT2D eigenvalue weighted by molar-refractivity contribution is 5.90. The van der Waals surface area contributed by atoms with Gasteiger partial charge in [0, 0.05) is 13.6 Å². The molecule has 1 aromatic rings. The third-order valence-corrected chi connectivity index (χ3v) is 2.27. The lowest BCUT2D eigenvalue weighted by Crippen LogP contribution is -2.33. The minimum Gasteiger partial charge on any atom is -0.489 e. The van der Waals surface area contributed by atoms with E-state index in [2.05, 4.69) is 5.32 Å². The first-order valence-corrected chi connectivity index (χ1v) is 5.93. The van der Waals surface area contributed by atoms with Gasteiger partial charge in [0.25, 0.3) is 0 Å². The number of benzene rings is 1. The van der Waals surface area contributed by atoms with E-state index in [9.17, 15) is 4.79 Å². The number of anilines is 1. The lowest BCUT2D eigenvalue weighted by molar-refractivity contribution is 0.201. The quantitative estimate of drug-likeness (QED) is 0.841. The third kappa shape index (κ3) is 4.25. The second-order valence-electron chi connectivity index (χ2n) is 4.24. The maximum absolute atomic E-state index is 11.8. The summed E-state index contributed by atoms with van der Waals surface area (Å²) in [4.78, 5) is 13.2. The van der Waals surface area contributed by atoms with Crippen LogP contribution in [-0.4, -0.2) is 42.3 Å². The average Bonchev–Trinajstić information content (AvgIpc) is 2.31. The van der Waals surface area contributed by atoms with Crippen molar-refractivity contribution in [1.82, 2.24) is 4.90 Å². The zero-order chi connectivity index (χ0) is 13.5. The summed E-state index contributed by atoms with van der Waals surface area (Å²) >= 11 is 0. The number of urea groups is 1. The summed E-state index contributed by atoms with van der Waals surface area (Å²) in [5.41, 5.74) is 0.626. The molecule has 0 radical (unpaired) electrons. The van der Waals surface area contributed by atoms with Crippen LogP contribution in [0.5, 0.6) is 5.75 Å². The fourth-order valence-corrected chi connectivity index (χ4v) is 1.39. The lowest BCUT2D eigenvalue weighted by Gasteiger charge is -2.19. The van der Waals surface area contributed by atoms with Crippen LogP contribution in [0.4, 0.5) is 10.5 Å². The smallest absolute Gasteiger partial charge is 0.321 e. The number of nitrogens with zero attached hydrogens (tertiary/aromatic N) is 1. The van der Waals surface area contributed by atoms with Crippen molar-refractivity contribution in [3.63, 3.8) is 0 Å². The first kappa shape index (κ1) is 14.3. The van der Waals surface area contributed by atoms with Crippen LogP contribution < -0.4 is 10.1 Å². The van der Waals surface area contributed by atoms with Crippen molar-refractivity contribution in [2.45, 2.75) is 20.0 Å². The monoisotopic (exact) mass is 252 g/mol. The van der Waals surface area contributed by atoms with Gasteiger partial charge in [-0.05, 0) is 26.0 Å². The number of carbonyl (C=O) groups excluding carboxylic acids is 1. The molecule has 1 aromatic carbocycles. The van der Waals surface area contributed by atoms with Gasteiger partial charge < -0.3 is 20.1 Å². The van der Waals surface area contributed by atoms with Gasteiger partial charge in [0.15, 0.2) is 0 Å². The summed E-state index contributed by atoms with van der Waals surface area (Å²) in [6.07, 6.45) is 0.0400. The van der Waals surface area contributed by atoms with Crippen molar-refractivity contribution < 1.29 is 14.6 Å². The highest BCUT2D eigenvalue weighted by Crippen LogP contribution is 2.24.